The zero-order valence-corrected chi connectivity index (χ0v) is 14.0. The Labute approximate surface area is 139 Å². The van der Waals surface area contributed by atoms with E-state index in [4.69, 9.17) is 17.0 Å². The van der Waals surface area contributed by atoms with Crippen LogP contribution >= 0.6 is 12.2 Å². The molecule has 0 atom stereocenters. The van der Waals surface area contributed by atoms with E-state index in [2.05, 4.69) is 45.9 Å². The number of rotatable bonds is 8. The molecule has 5 heteroatoms. The van der Waals surface area contributed by atoms with Crippen molar-refractivity contribution in [1.82, 2.24) is 15.5 Å². The van der Waals surface area contributed by atoms with Crippen molar-refractivity contribution in [2.75, 3.05) is 45.9 Å². The molecule has 1 heterocycles. The van der Waals surface area contributed by atoms with Crippen LogP contribution in [0.25, 0.3) is 0 Å². The molecule has 0 amide bonds. The summed E-state index contributed by atoms with van der Waals surface area (Å²) in [5, 5.41) is 7.33. The van der Waals surface area contributed by atoms with E-state index in [1.165, 1.54) is 5.56 Å². The number of nitrogens with zero attached hydrogens (tertiary/aromatic N) is 1. The highest BCUT2D eigenvalue weighted by Gasteiger charge is 2.08. The predicted octanol–water partition coefficient (Wildman–Crippen LogP) is 1.81. The van der Waals surface area contributed by atoms with Gasteiger partial charge in [-0.25, -0.2) is 0 Å². The van der Waals surface area contributed by atoms with Gasteiger partial charge in [0.2, 0.25) is 0 Å². The molecule has 0 aromatic heterocycles. The van der Waals surface area contributed by atoms with Gasteiger partial charge in [-0.1, -0.05) is 30.3 Å². The van der Waals surface area contributed by atoms with Gasteiger partial charge in [0, 0.05) is 26.2 Å². The van der Waals surface area contributed by atoms with Crippen molar-refractivity contribution in [1.29, 1.82) is 0 Å². The van der Waals surface area contributed by atoms with E-state index >= 15 is 0 Å². The van der Waals surface area contributed by atoms with E-state index in [9.17, 15) is 0 Å². The average Bonchev–Trinajstić information content (AvgIpc) is 2.57. The second-order valence-corrected chi connectivity index (χ2v) is 5.99. The number of hydrogen-bond donors (Lipinski definition) is 2. The summed E-state index contributed by atoms with van der Waals surface area (Å²) in [6.07, 6.45) is 3.30. The topological polar surface area (TPSA) is 36.5 Å². The maximum Gasteiger partial charge on any atom is 0.166 e. The molecule has 1 aliphatic heterocycles. The van der Waals surface area contributed by atoms with Gasteiger partial charge in [0.25, 0.3) is 0 Å². The van der Waals surface area contributed by atoms with Crippen molar-refractivity contribution in [2.45, 2.75) is 19.3 Å². The standard InChI is InChI=1S/C17H27N3OS/c22-17(18-9-4-8-16-6-2-1-3-7-16)19-10-5-11-20-12-14-21-15-13-20/h1-3,6-7H,4-5,8-15H2,(H2,18,19,22). The highest BCUT2D eigenvalue weighted by molar-refractivity contribution is 7.80. The van der Waals surface area contributed by atoms with Crippen molar-refractivity contribution in [3.05, 3.63) is 35.9 Å². The third-order valence-electron chi connectivity index (χ3n) is 3.81. The van der Waals surface area contributed by atoms with Gasteiger partial charge in [-0.15, -0.1) is 0 Å². The van der Waals surface area contributed by atoms with Crippen LogP contribution in [0.2, 0.25) is 0 Å². The number of thiocarbonyl (C=S) groups is 1. The molecule has 2 rings (SSSR count). The molecule has 2 N–H and O–H groups in total. The molecular weight excluding hydrogens is 294 g/mol. The number of ether oxygens (including phenoxy) is 1. The Kier molecular flexibility index (Phi) is 8.23. The Morgan fingerprint density at radius 3 is 2.45 bits per heavy atom. The number of aryl methyl sites for hydroxylation is 1. The van der Waals surface area contributed by atoms with Crippen LogP contribution in [-0.4, -0.2) is 55.9 Å². The molecule has 122 valence electrons. The van der Waals surface area contributed by atoms with Crippen LogP contribution < -0.4 is 10.6 Å². The van der Waals surface area contributed by atoms with Crippen molar-refractivity contribution in [3.8, 4) is 0 Å². The van der Waals surface area contributed by atoms with Crippen LogP contribution in [0, 0.1) is 0 Å². The first-order valence-corrected chi connectivity index (χ1v) is 8.61. The molecule has 1 saturated heterocycles. The lowest BCUT2D eigenvalue weighted by Crippen LogP contribution is -2.40. The first-order chi connectivity index (χ1) is 10.8. The van der Waals surface area contributed by atoms with E-state index in [0.29, 0.717) is 0 Å². The minimum atomic E-state index is 0.773. The van der Waals surface area contributed by atoms with Crippen LogP contribution in [0.5, 0.6) is 0 Å². The van der Waals surface area contributed by atoms with E-state index in [1.807, 2.05) is 0 Å². The summed E-state index contributed by atoms with van der Waals surface area (Å²) < 4.78 is 5.34. The number of hydrogen-bond acceptors (Lipinski definition) is 3. The Bertz CT molecular complexity index is 421. The summed E-state index contributed by atoms with van der Waals surface area (Å²) in [5.41, 5.74) is 1.38. The van der Waals surface area contributed by atoms with Gasteiger partial charge in [0.05, 0.1) is 13.2 Å². The Balaban J connectivity index is 1.44. The molecular formula is C17H27N3OS. The van der Waals surface area contributed by atoms with Gasteiger partial charge >= 0.3 is 0 Å². The molecule has 0 radical (unpaired) electrons. The largest absolute Gasteiger partial charge is 0.379 e. The summed E-state index contributed by atoms with van der Waals surface area (Å²) >= 11 is 5.30. The van der Waals surface area contributed by atoms with Gasteiger partial charge in [-0.2, -0.15) is 0 Å². The maximum absolute atomic E-state index is 5.34. The van der Waals surface area contributed by atoms with Gasteiger partial charge in [-0.3, -0.25) is 4.90 Å². The second-order valence-electron chi connectivity index (χ2n) is 5.58. The third kappa shape index (κ3) is 7.20. The molecule has 0 saturated carbocycles. The van der Waals surface area contributed by atoms with Crippen molar-refractivity contribution >= 4 is 17.3 Å². The lowest BCUT2D eigenvalue weighted by atomic mass is 10.1. The first-order valence-electron chi connectivity index (χ1n) is 8.20. The fourth-order valence-corrected chi connectivity index (χ4v) is 2.74. The summed E-state index contributed by atoms with van der Waals surface area (Å²) in [4.78, 5) is 2.45. The molecule has 1 aromatic rings. The van der Waals surface area contributed by atoms with Crippen LogP contribution in [-0.2, 0) is 11.2 Å². The number of nitrogens with one attached hydrogen (secondary N) is 2. The van der Waals surface area contributed by atoms with Crippen LogP contribution in [0.4, 0.5) is 0 Å². The number of morpholine rings is 1. The first kappa shape index (κ1) is 17.2. The van der Waals surface area contributed by atoms with Crippen LogP contribution in [0.3, 0.4) is 0 Å². The Morgan fingerprint density at radius 2 is 1.73 bits per heavy atom. The zero-order valence-electron chi connectivity index (χ0n) is 13.2. The van der Waals surface area contributed by atoms with E-state index in [1.54, 1.807) is 0 Å². The summed E-state index contributed by atoms with van der Waals surface area (Å²) in [7, 11) is 0. The molecule has 1 aliphatic rings. The molecule has 1 aromatic carbocycles. The summed E-state index contributed by atoms with van der Waals surface area (Å²) in [6.45, 7) is 6.83. The second kappa shape index (κ2) is 10.5. The van der Waals surface area contributed by atoms with Crippen molar-refractivity contribution in [3.63, 3.8) is 0 Å². The maximum atomic E-state index is 5.34. The minimum Gasteiger partial charge on any atom is -0.379 e. The normalized spacial score (nSPS) is 15.5. The minimum absolute atomic E-state index is 0.773. The van der Waals surface area contributed by atoms with Crippen molar-refractivity contribution in [2.24, 2.45) is 0 Å². The number of benzene rings is 1. The smallest absolute Gasteiger partial charge is 0.166 e. The SMILES string of the molecule is S=C(NCCCc1ccccc1)NCCCN1CCOCC1. The lowest BCUT2D eigenvalue weighted by Gasteiger charge is -2.26. The summed E-state index contributed by atoms with van der Waals surface area (Å²) in [6, 6.07) is 10.6. The molecule has 0 bridgehead atoms. The third-order valence-corrected chi connectivity index (χ3v) is 4.10. The molecule has 0 spiro atoms. The fraction of sp³-hybridized carbons (Fsp3) is 0.588. The van der Waals surface area contributed by atoms with Crippen molar-refractivity contribution < 1.29 is 4.74 Å². The van der Waals surface area contributed by atoms with Gasteiger partial charge < -0.3 is 15.4 Å². The molecule has 0 aliphatic carbocycles. The monoisotopic (exact) mass is 321 g/mol. The zero-order chi connectivity index (χ0) is 15.5. The Hall–Kier alpha value is -1.17. The quantitative estimate of drug-likeness (QED) is 0.564. The van der Waals surface area contributed by atoms with Crippen LogP contribution in [0.1, 0.15) is 18.4 Å². The Morgan fingerprint density at radius 1 is 1.05 bits per heavy atom. The fourth-order valence-electron chi connectivity index (χ4n) is 2.53. The highest BCUT2D eigenvalue weighted by Crippen LogP contribution is 2.01. The average molecular weight is 321 g/mol. The predicted molar refractivity (Wildman–Crippen MR) is 95.2 cm³/mol. The van der Waals surface area contributed by atoms with E-state index in [-0.39, 0.29) is 0 Å². The lowest BCUT2D eigenvalue weighted by molar-refractivity contribution is 0.0376. The molecule has 4 nitrogen and oxygen atoms in total. The van der Waals surface area contributed by atoms with Gasteiger partial charge in [0.1, 0.15) is 0 Å². The van der Waals surface area contributed by atoms with Gasteiger partial charge in [0.15, 0.2) is 5.11 Å². The molecule has 22 heavy (non-hydrogen) atoms. The molecule has 1 fully saturated rings. The van der Waals surface area contributed by atoms with Gasteiger partial charge in [-0.05, 0) is 43.6 Å². The summed E-state index contributed by atoms with van der Waals surface area (Å²) in [5.74, 6) is 0. The van der Waals surface area contributed by atoms with Crippen LogP contribution in [0.15, 0.2) is 30.3 Å². The van der Waals surface area contributed by atoms with E-state index < -0.39 is 0 Å². The van der Waals surface area contributed by atoms with E-state index in [0.717, 1.165) is 70.3 Å². The highest BCUT2D eigenvalue weighted by atomic mass is 32.1. The molecule has 0 unspecified atom stereocenters.